The van der Waals surface area contributed by atoms with Gasteiger partial charge in [-0.3, -0.25) is 4.79 Å². The summed E-state index contributed by atoms with van der Waals surface area (Å²) in [5.74, 6) is 0.723. The van der Waals surface area contributed by atoms with Crippen molar-refractivity contribution in [2.24, 2.45) is 5.73 Å². The lowest BCUT2D eigenvalue weighted by atomic mass is 9.88. The molecule has 1 amide bonds. The number of hydrogen-bond donors (Lipinski definition) is 2. The van der Waals surface area contributed by atoms with Gasteiger partial charge in [-0.05, 0) is 30.5 Å². The summed E-state index contributed by atoms with van der Waals surface area (Å²) >= 11 is 0. The number of nitrogens with one attached hydrogen (secondary N) is 1. The van der Waals surface area contributed by atoms with E-state index in [0.29, 0.717) is 0 Å². The monoisotopic (exact) mass is 248 g/mol. The minimum absolute atomic E-state index is 0.0335. The van der Waals surface area contributed by atoms with E-state index in [4.69, 9.17) is 10.5 Å². The Morgan fingerprint density at radius 2 is 2.17 bits per heavy atom. The molecule has 0 saturated heterocycles. The first-order valence-corrected chi connectivity index (χ1v) is 6.36. The van der Waals surface area contributed by atoms with Gasteiger partial charge in [0.05, 0.1) is 19.2 Å². The molecule has 4 heteroatoms. The van der Waals surface area contributed by atoms with Crippen molar-refractivity contribution >= 4 is 5.91 Å². The van der Waals surface area contributed by atoms with Gasteiger partial charge in [0.15, 0.2) is 0 Å². The van der Waals surface area contributed by atoms with Gasteiger partial charge in [-0.2, -0.15) is 0 Å². The molecule has 18 heavy (non-hydrogen) atoms. The van der Waals surface area contributed by atoms with Gasteiger partial charge in [0.1, 0.15) is 5.75 Å². The van der Waals surface area contributed by atoms with Gasteiger partial charge >= 0.3 is 0 Å². The van der Waals surface area contributed by atoms with Crippen LogP contribution in [0.4, 0.5) is 0 Å². The Labute approximate surface area is 108 Å². The maximum Gasteiger partial charge on any atom is 0.234 e. The molecular weight excluding hydrogens is 228 g/mol. The zero-order valence-corrected chi connectivity index (χ0v) is 10.7. The second-order valence-electron chi connectivity index (χ2n) is 4.77. The predicted octanol–water partition coefficient (Wildman–Crippen LogP) is 1.54. The molecule has 98 valence electrons. The average Bonchev–Trinajstić information content (AvgIpc) is 2.88. The van der Waals surface area contributed by atoms with Crippen LogP contribution in [0.5, 0.6) is 5.75 Å². The normalized spacial score (nSPS) is 17.4. The Hall–Kier alpha value is -1.55. The fourth-order valence-corrected chi connectivity index (χ4v) is 2.70. The number of rotatable bonds is 4. The van der Waals surface area contributed by atoms with Crippen LogP contribution in [0.2, 0.25) is 0 Å². The maximum atomic E-state index is 11.6. The van der Waals surface area contributed by atoms with E-state index in [9.17, 15) is 4.79 Å². The number of hydrogen-bond acceptors (Lipinski definition) is 3. The first kappa shape index (κ1) is 12.9. The zero-order chi connectivity index (χ0) is 13.0. The average molecular weight is 248 g/mol. The van der Waals surface area contributed by atoms with Crippen molar-refractivity contribution in [2.75, 3.05) is 13.7 Å². The third-order valence-corrected chi connectivity index (χ3v) is 3.64. The van der Waals surface area contributed by atoms with Gasteiger partial charge in [-0.1, -0.05) is 25.0 Å². The highest BCUT2D eigenvalue weighted by Crippen LogP contribution is 2.39. The van der Waals surface area contributed by atoms with Crippen LogP contribution in [-0.4, -0.2) is 19.6 Å². The number of carbonyl (C=O) groups excluding carboxylic acids is 1. The number of methoxy groups -OCH3 is 1. The quantitative estimate of drug-likeness (QED) is 0.849. The molecule has 0 aliphatic heterocycles. The van der Waals surface area contributed by atoms with Gasteiger partial charge in [0, 0.05) is 0 Å². The summed E-state index contributed by atoms with van der Waals surface area (Å²) in [4.78, 5) is 11.6. The van der Waals surface area contributed by atoms with E-state index in [1.807, 2.05) is 24.3 Å². The smallest absolute Gasteiger partial charge is 0.234 e. The Morgan fingerprint density at radius 1 is 1.44 bits per heavy atom. The molecule has 0 atom stereocenters. The van der Waals surface area contributed by atoms with Crippen molar-refractivity contribution in [3.8, 4) is 5.75 Å². The number of nitrogens with two attached hydrogens (primary N) is 1. The molecule has 2 rings (SSSR count). The molecule has 1 aliphatic carbocycles. The van der Waals surface area contributed by atoms with E-state index in [2.05, 4.69) is 5.32 Å². The van der Waals surface area contributed by atoms with E-state index < -0.39 is 0 Å². The standard InChI is InChI=1S/C14H20N2O2/c1-18-12-6-4-5-11(9-12)14(7-2-3-8-14)16-13(17)10-15/h4-6,9H,2-3,7-8,10,15H2,1H3,(H,16,17). The molecule has 1 fully saturated rings. The molecule has 1 saturated carbocycles. The fourth-order valence-electron chi connectivity index (χ4n) is 2.70. The minimum atomic E-state index is -0.259. The number of amides is 1. The van der Waals surface area contributed by atoms with Crippen molar-refractivity contribution in [1.82, 2.24) is 5.32 Å². The Bertz CT molecular complexity index is 426. The molecule has 0 spiro atoms. The van der Waals surface area contributed by atoms with Crippen molar-refractivity contribution in [2.45, 2.75) is 31.2 Å². The molecular formula is C14H20N2O2. The molecule has 0 radical (unpaired) electrons. The van der Waals surface area contributed by atoms with Crippen molar-refractivity contribution in [3.05, 3.63) is 29.8 Å². The maximum absolute atomic E-state index is 11.6. The molecule has 1 aromatic carbocycles. The van der Waals surface area contributed by atoms with E-state index in [1.54, 1.807) is 7.11 Å². The lowest BCUT2D eigenvalue weighted by Crippen LogP contribution is -2.46. The van der Waals surface area contributed by atoms with Crippen LogP contribution in [-0.2, 0) is 10.3 Å². The number of benzene rings is 1. The molecule has 0 aromatic heterocycles. The fraction of sp³-hybridized carbons (Fsp3) is 0.500. The van der Waals surface area contributed by atoms with Crippen molar-refractivity contribution < 1.29 is 9.53 Å². The topological polar surface area (TPSA) is 64.3 Å². The highest BCUT2D eigenvalue weighted by molar-refractivity contribution is 5.79. The van der Waals surface area contributed by atoms with E-state index in [-0.39, 0.29) is 18.0 Å². The van der Waals surface area contributed by atoms with Gasteiger partial charge in [0.25, 0.3) is 0 Å². The Morgan fingerprint density at radius 3 is 2.78 bits per heavy atom. The summed E-state index contributed by atoms with van der Waals surface area (Å²) in [7, 11) is 1.65. The number of carbonyl (C=O) groups is 1. The third kappa shape index (κ3) is 2.48. The first-order valence-electron chi connectivity index (χ1n) is 6.36. The first-order chi connectivity index (χ1) is 8.70. The van der Waals surface area contributed by atoms with Gasteiger partial charge in [-0.15, -0.1) is 0 Å². The molecule has 0 bridgehead atoms. The second kappa shape index (κ2) is 5.40. The molecule has 3 N–H and O–H groups in total. The van der Waals surface area contributed by atoms with Gasteiger partial charge < -0.3 is 15.8 Å². The molecule has 0 unspecified atom stereocenters. The van der Waals surface area contributed by atoms with Crippen molar-refractivity contribution in [1.29, 1.82) is 0 Å². The van der Waals surface area contributed by atoms with E-state index in [0.717, 1.165) is 37.0 Å². The second-order valence-corrected chi connectivity index (χ2v) is 4.77. The lowest BCUT2D eigenvalue weighted by molar-refractivity contribution is -0.121. The summed E-state index contributed by atoms with van der Waals surface area (Å²) in [5.41, 5.74) is 6.26. The summed E-state index contributed by atoms with van der Waals surface area (Å²) in [6.45, 7) is 0.0335. The van der Waals surface area contributed by atoms with Crippen LogP contribution in [0, 0.1) is 0 Å². The van der Waals surface area contributed by atoms with Crippen LogP contribution in [0.15, 0.2) is 24.3 Å². The van der Waals surface area contributed by atoms with Crippen LogP contribution >= 0.6 is 0 Å². The summed E-state index contributed by atoms with van der Waals surface area (Å²) in [5, 5.41) is 3.09. The van der Waals surface area contributed by atoms with Crippen molar-refractivity contribution in [3.63, 3.8) is 0 Å². The molecule has 1 aliphatic rings. The van der Waals surface area contributed by atoms with Gasteiger partial charge in [0.2, 0.25) is 5.91 Å². The summed E-state index contributed by atoms with van der Waals surface area (Å²) in [6.07, 6.45) is 4.18. The molecule has 0 heterocycles. The SMILES string of the molecule is COc1cccc(C2(NC(=O)CN)CCCC2)c1. The minimum Gasteiger partial charge on any atom is -0.497 e. The Balaban J connectivity index is 2.31. The molecule has 1 aromatic rings. The Kier molecular flexibility index (Phi) is 3.87. The largest absolute Gasteiger partial charge is 0.497 e. The highest BCUT2D eigenvalue weighted by Gasteiger charge is 2.36. The van der Waals surface area contributed by atoms with Crippen LogP contribution in [0.25, 0.3) is 0 Å². The summed E-state index contributed by atoms with van der Waals surface area (Å²) < 4.78 is 5.25. The third-order valence-electron chi connectivity index (χ3n) is 3.64. The van der Waals surface area contributed by atoms with Gasteiger partial charge in [-0.25, -0.2) is 0 Å². The number of ether oxygens (including phenoxy) is 1. The van der Waals surface area contributed by atoms with E-state index >= 15 is 0 Å². The highest BCUT2D eigenvalue weighted by atomic mass is 16.5. The lowest BCUT2D eigenvalue weighted by Gasteiger charge is -2.31. The van der Waals surface area contributed by atoms with E-state index in [1.165, 1.54) is 0 Å². The summed E-state index contributed by atoms with van der Waals surface area (Å²) in [6, 6.07) is 7.92. The van der Waals surface area contributed by atoms with Crippen LogP contribution in [0.1, 0.15) is 31.2 Å². The molecule has 4 nitrogen and oxygen atoms in total. The van der Waals surface area contributed by atoms with Crippen LogP contribution < -0.4 is 15.8 Å². The zero-order valence-electron chi connectivity index (χ0n) is 10.7. The predicted molar refractivity (Wildman–Crippen MR) is 70.3 cm³/mol. The van der Waals surface area contributed by atoms with Crippen LogP contribution in [0.3, 0.4) is 0 Å².